The molecule has 0 aliphatic heterocycles. The van der Waals surface area contributed by atoms with E-state index in [2.05, 4.69) is 4.99 Å². The van der Waals surface area contributed by atoms with Gasteiger partial charge in [0.1, 0.15) is 6.04 Å². The van der Waals surface area contributed by atoms with E-state index in [0.717, 1.165) is 12.8 Å². The molecule has 1 unspecified atom stereocenters. The van der Waals surface area contributed by atoms with E-state index in [-0.39, 0.29) is 5.96 Å². The van der Waals surface area contributed by atoms with Crippen LogP contribution in [-0.2, 0) is 9.53 Å². The maximum Gasteiger partial charge on any atom is 0.327 e. The van der Waals surface area contributed by atoms with E-state index in [9.17, 15) is 4.79 Å². The minimum absolute atomic E-state index is 0.0176. The second-order valence-corrected chi connectivity index (χ2v) is 4.13. The minimum atomic E-state index is -0.787. The van der Waals surface area contributed by atoms with Crippen molar-refractivity contribution < 1.29 is 9.53 Å². The van der Waals surface area contributed by atoms with Crippen molar-refractivity contribution in [2.24, 2.45) is 22.2 Å². The number of benzene rings is 1. The molecule has 0 saturated heterocycles. The second kappa shape index (κ2) is 7.38. The Morgan fingerprint density at radius 1 is 1.32 bits per heavy atom. The molecule has 0 aliphatic carbocycles. The number of carbonyl (C=O) groups is 1. The maximum atomic E-state index is 11.7. The number of unbranched alkanes of at least 4 members (excludes halogenated alkanes) is 1. The summed E-state index contributed by atoms with van der Waals surface area (Å²) in [6.45, 7) is 2.42. The Balaban J connectivity index is 2.64. The molecule has 0 spiro atoms. The van der Waals surface area contributed by atoms with E-state index < -0.39 is 12.0 Å². The summed E-state index contributed by atoms with van der Waals surface area (Å²) in [4.78, 5) is 15.5. The number of ether oxygens (including phenoxy) is 1. The summed E-state index contributed by atoms with van der Waals surface area (Å²) in [5, 5.41) is 0. The Hall–Kier alpha value is -2.08. The lowest BCUT2D eigenvalue weighted by Gasteiger charge is -2.11. The molecule has 0 amide bonds. The Morgan fingerprint density at radius 2 is 1.95 bits per heavy atom. The highest BCUT2D eigenvalue weighted by Gasteiger charge is 2.16. The number of rotatable bonds is 6. The summed E-state index contributed by atoms with van der Waals surface area (Å²) in [6.07, 6.45) is 1.80. The van der Waals surface area contributed by atoms with Crippen LogP contribution < -0.4 is 17.2 Å². The molecular formula is C13H20N4O2. The first-order valence-electron chi connectivity index (χ1n) is 6.16. The average molecular weight is 264 g/mol. The number of esters is 1. The van der Waals surface area contributed by atoms with Crippen LogP contribution in [-0.4, -0.2) is 18.5 Å². The molecule has 0 fully saturated rings. The predicted octanol–water partition coefficient (Wildman–Crippen LogP) is 0.935. The standard InChI is InChI=1S/C13H20N4O2/c1-2-3-8-19-12(18)11(14)9-4-6-10(7-5-9)17-13(15)16/h4-7,11H,2-3,8,14H2,1H3,(H4,15,16,17). The number of hydrogen-bond donors (Lipinski definition) is 3. The number of nitrogens with two attached hydrogens (primary N) is 3. The Bertz CT molecular complexity index is 438. The van der Waals surface area contributed by atoms with E-state index >= 15 is 0 Å². The van der Waals surface area contributed by atoms with Crippen molar-refractivity contribution >= 4 is 17.6 Å². The highest BCUT2D eigenvalue weighted by Crippen LogP contribution is 2.17. The van der Waals surface area contributed by atoms with Gasteiger partial charge in [-0.05, 0) is 24.1 Å². The van der Waals surface area contributed by atoms with Gasteiger partial charge in [0.25, 0.3) is 0 Å². The average Bonchev–Trinajstić information content (AvgIpc) is 2.38. The maximum absolute atomic E-state index is 11.7. The monoisotopic (exact) mass is 264 g/mol. The van der Waals surface area contributed by atoms with E-state index in [0.29, 0.717) is 17.9 Å². The van der Waals surface area contributed by atoms with Crippen molar-refractivity contribution in [1.29, 1.82) is 0 Å². The van der Waals surface area contributed by atoms with E-state index in [4.69, 9.17) is 21.9 Å². The van der Waals surface area contributed by atoms with Gasteiger partial charge in [-0.25, -0.2) is 9.79 Å². The van der Waals surface area contributed by atoms with Crippen LogP contribution in [0.1, 0.15) is 31.4 Å². The first-order valence-corrected chi connectivity index (χ1v) is 6.16. The molecule has 0 bridgehead atoms. The van der Waals surface area contributed by atoms with Crippen LogP contribution in [0.2, 0.25) is 0 Å². The van der Waals surface area contributed by atoms with Gasteiger partial charge in [-0.1, -0.05) is 25.5 Å². The molecule has 104 valence electrons. The van der Waals surface area contributed by atoms with Gasteiger partial charge in [-0.2, -0.15) is 0 Å². The summed E-state index contributed by atoms with van der Waals surface area (Å²) in [7, 11) is 0. The fraction of sp³-hybridized carbons (Fsp3) is 0.385. The van der Waals surface area contributed by atoms with Crippen LogP contribution in [0.3, 0.4) is 0 Å². The lowest BCUT2D eigenvalue weighted by Crippen LogP contribution is -2.24. The van der Waals surface area contributed by atoms with Gasteiger partial charge in [0.05, 0.1) is 12.3 Å². The summed E-state index contributed by atoms with van der Waals surface area (Å²) in [6, 6.07) is 5.99. The third-order valence-corrected chi connectivity index (χ3v) is 2.51. The molecule has 19 heavy (non-hydrogen) atoms. The van der Waals surface area contributed by atoms with Crippen molar-refractivity contribution in [3.8, 4) is 0 Å². The number of nitrogens with zero attached hydrogens (tertiary/aromatic N) is 1. The SMILES string of the molecule is CCCCOC(=O)C(N)c1ccc(N=C(N)N)cc1. The minimum Gasteiger partial charge on any atom is -0.464 e. The second-order valence-electron chi connectivity index (χ2n) is 4.13. The van der Waals surface area contributed by atoms with Crippen LogP contribution in [0.4, 0.5) is 5.69 Å². The lowest BCUT2D eigenvalue weighted by atomic mass is 10.1. The highest BCUT2D eigenvalue weighted by atomic mass is 16.5. The van der Waals surface area contributed by atoms with E-state index in [1.165, 1.54) is 0 Å². The zero-order chi connectivity index (χ0) is 14.3. The van der Waals surface area contributed by atoms with Gasteiger partial charge in [-0.15, -0.1) is 0 Å². The van der Waals surface area contributed by atoms with Crippen molar-refractivity contribution in [3.05, 3.63) is 29.8 Å². The van der Waals surface area contributed by atoms with E-state index in [1.807, 2.05) is 6.92 Å². The molecule has 0 saturated carbocycles. The number of guanidine groups is 1. The Labute approximate surface area is 112 Å². The zero-order valence-corrected chi connectivity index (χ0v) is 11.0. The topological polar surface area (TPSA) is 117 Å². The van der Waals surface area contributed by atoms with Gasteiger partial charge in [0.15, 0.2) is 5.96 Å². The molecule has 0 radical (unpaired) electrons. The molecular weight excluding hydrogens is 244 g/mol. The quantitative estimate of drug-likeness (QED) is 0.306. The van der Waals surface area contributed by atoms with Crippen LogP contribution >= 0.6 is 0 Å². The fourth-order valence-corrected chi connectivity index (χ4v) is 1.45. The van der Waals surface area contributed by atoms with Crippen LogP contribution in [0.15, 0.2) is 29.3 Å². The normalized spacial score (nSPS) is 11.7. The van der Waals surface area contributed by atoms with Crippen molar-refractivity contribution in [2.75, 3.05) is 6.61 Å². The largest absolute Gasteiger partial charge is 0.464 e. The molecule has 1 rings (SSSR count). The Kier molecular flexibility index (Phi) is 5.81. The molecule has 6 N–H and O–H groups in total. The molecule has 1 aromatic carbocycles. The number of hydrogen-bond acceptors (Lipinski definition) is 4. The molecule has 1 aromatic rings. The van der Waals surface area contributed by atoms with Gasteiger partial charge >= 0.3 is 5.97 Å². The molecule has 0 aliphatic rings. The zero-order valence-electron chi connectivity index (χ0n) is 11.0. The molecule has 6 nitrogen and oxygen atoms in total. The molecule has 0 heterocycles. The van der Waals surface area contributed by atoms with E-state index in [1.54, 1.807) is 24.3 Å². The molecule has 0 aromatic heterocycles. The summed E-state index contributed by atoms with van der Waals surface area (Å²) >= 11 is 0. The van der Waals surface area contributed by atoms with Crippen molar-refractivity contribution in [1.82, 2.24) is 0 Å². The van der Waals surface area contributed by atoms with Crippen molar-refractivity contribution in [3.63, 3.8) is 0 Å². The first-order chi connectivity index (χ1) is 9.04. The van der Waals surface area contributed by atoms with Gasteiger partial charge in [0.2, 0.25) is 0 Å². The van der Waals surface area contributed by atoms with Gasteiger partial charge < -0.3 is 21.9 Å². The third kappa shape index (κ3) is 4.97. The van der Waals surface area contributed by atoms with Gasteiger partial charge in [0, 0.05) is 0 Å². The lowest BCUT2D eigenvalue weighted by molar-refractivity contribution is -0.145. The summed E-state index contributed by atoms with van der Waals surface area (Å²) in [5.74, 6) is -0.445. The fourth-order valence-electron chi connectivity index (χ4n) is 1.45. The van der Waals surface area contributed by atoms with Crippen LogP contribution in [0, 0.1) is 0 Å². The first kappa shape index (κ1) is 15.0. The van der Waals surface area contributed by atoms with Crippen LogP contribution in [0.5, 0.6) is 0 Å². The van der Waals surface area contributed by atoms with Crippen LogP contribution in [0.25, 0.3) is 0 Å². The predicted molar refractivity (Wildman–Crippen MR) is 74.7 cm³/mol. The third-order valence-electron chi connectivity index (χ3n) is 2.51. The molecule has 6 heteroatoms. The number of aliphatic imine (C=N–C) groups is 1. The summed E-state index contributed by atoms with van der Waals surface area (Å²) in [5.41, 5.74) is 17.6. The highest BCUT2D eigenvalue weighted by molar-refractivity contribution is 5.79. The number of carbonyl (C=O) groups excluding carboxylic acids is 1. The smallest absolute Gasteiger partial charge is 0.327 e. The van der Waals surface area contributed by atoms with Gasteiger partial charge in [-0.3, -0.25) is 0 Å². The Morgan fingerprint density at radius 3 is 2.47 bits per heavy atom. The van der Waals surface area contributed by atoms with Crippen molar-refractivity contribution in [2.45, 2.75) is 25.8 Å². The summed E-state index contributed by atoms with van der Waals surface area (Å²) < 4.78 is 5.06. The molecule has 1 atom stereocenters.